The molecule has 0 saturated heterocycles. The summed E-state index contributed by atoms with van der Waals surface area (Å²) in [5.41, 5.74) is 0.742. The highest BCUT2D eigenvalue weighted by Crippen LogP contribution is 2.21. The van der Waals surface area contributed by atoms with Crippen LogP contribution in [0, 0.1) is 5.82 Å². The summed E-state index contributed by atoms with van der Waals surface area (Å²) in [6, 6.07) is 5.47. The van der Waals surface area contributed by atoms with Gasteiger partial charge in [0.15, 0.2) is 0 Å². The molecule has 0 aliphatic heterocycles. The number of rotatable bonds is 4. The minimum Gasteiger partial charge on any atom is -0.341 e. The zero-order valence-electron chi connectivity index (χ0n) is 11.2. The van der Waals surface area contributed by atoms with Crippen LogP contribution >= 0.6 is 11.6 Å². The Kier molecular flexibility index (Phi) is 4.39. The number of aromatic nitrogens is 2. The van der Waals surface area contributed by atoms with Gasteiger partial charge in [-0.25, -0.2) is 9.37 Å². The summed E-state index contributed by atoms with van der Waals surface area (Å²) in [6.07, 6.45) is 3.42. The van der Waals surface area contributed by atoms with E-state index in [0.717, 1.165) is 5.56 Å². The smallest absolute Gasteiger partial charge is 0.238 e. The van der Waals surface area contributed by atoms with Crippen molar-refractivity contribution in [3.63, 3.8) is 0 Å². The molecule has 2 atom stereocenters. The number of alkyl halides is 1. The van der Waals surface area contributed by atoms with Gasteiger partial charge in [-0.05, 0) is 24.6 Å². The molecule has 1 N–H and O–H groups in total. The number of nitrogens with zero attached hydrogens (tertiary/aromatic N) is 2. The third kappa shape index (κ3) is 3.17. The summed E-state index contributed by atoms with van der Waals surface area (Å²) < 4.78 is 14.8. The number of hydrogen-bond acceptors (Lipinski definition) is 2. The number of carbonyl (C=O) groups is 1. The first-order chi connectivity index (χ1) is 9.49. The molecule has 20 heavy (non-hydrogen) atoms. The van der Waals surface area contributed by atoms with Crippen molar-refractivity contribution in [3.8, 4) is 0 Å². The largest absolute Gasteiger partial charge is 0.341 e. The molecule has 0 radical (unpaired) electrons. The maximum Gasteiger partial charge on any atom is 0.238 e. The molecular formula is C14H15ClFN3O. The first kappa shape index (κ1) is 14.5. The van der Waals surface area contributed by atoms with Gasteiger partial charge in [0.05, 0.1) is 0 Å². The Morgan fingerprint density at radius 2 is 2.05 bits per heavy atom. The van der Waals surface area contributed by atoms with Crippen LogP contribution in [-0.4, -0.2) is 20.8 Å². The molecule has 1 aromatic carbocycles. The highest BCUT2D eigenvalue weighted by Gasteiger charge is 2.22. The maximum atomic E-state index is 13.0. The lowest BCUT2D eigenvalue weighted by molar-refractivity contribution is -0.121. The molecule has 2 rings (SSSR count). The first-order valence-electron chi connectivity index (χ1n) is 6.16. The van der Waals surface area contributed by atoms with Gasteiger partial charge < -0.3 is 9.88 Å². The molecule has 4 nitrogen and oxygen atoms in total. The van der Waals surface area contributed by atoms with Crippen molar-refractivity contribution in [2.45, 2.75) is 18.3 Å². The number of halogens is 2. The Morgan fingerprint density at radius 3 is 2.55 bits per heavy atom. The fourth-order valence-corrected chi connectivity index (χ4v) is 1.93. The van der Waals surface area contributed by atoms with E-state index in [2.05, 4.69) is 10.3 Å². The van der Waals surface area contributed by atoms with Crippen molar-refractivity contribution in [1.29, 1.82) is 0 Å². The fourth-order valence-electron chi connectivity index (χ4n) is 1.86. The molecule has 1 aromatic heterocycles. The summed E-state index contributed by atoms with van der Waals surface area (Å²) >= 11 is 5.79. The molecule has 6 heteroatoms. The van der Waals surface area contributed by atoms with Gasteiger partial charge in [-0.3, -0.25) is 4.79 Å². The van der Waals surface area contributed by atoms with Gasteiger partial charge in [-0.2, -0.15) is 0 Å². The Labute approximate surface area is 121 Å². The molecule has 0 aliphatic carbocycles. The molecular weight excluding hydrogens is 281 g/mol. The van der Waals surface area contributed by atoms with E-state index < -0.39 is 11.4 Å². The van der Waals surface area contributed by atoms with Crippen LogP contribution in [-0.2, 0) is 11.8 Å². The summed E-state index contributed by atoms with van der Waals surface area (Å²) in [5, 5.41) is 2.16. The van der Waals surface area contributed by atoms with Crippen molar-refractivity contribution in [3.05, 3.63) is 53.9 Å². The minimum absolute atomic E-state index is 0.302. The molecule has 0 aliphatic rings. The van der Waals surface area contributed by atoms with Gasteiger partial charge in [0, 0.05) is 19.4 Å². The number of amides is 1. The van der Waals surface area contributed by atoms with E-state index in [1.807, 2.05) is 7.05 Å². The standard InChI is InChI=1S/C14H15ClFN3O/c1-9(15)14(20)18-12(13-17-7-8-19(13)2)10-3-5-11(16)6-4-10/h3-9,12H,1-2H3,(H,18,20). The lowest BCUT2D eigenvalue weighted by Gasteiger charge is -2.19. The summed E-state index contributed by atoms with van der Waals surface area (Å²) in [4.78, 5) is 16.1. The summed E-state index contributed by atoms with van der Waals surface area (Å²) in [6.45, 7) is 1.59. The average Bonchev–Trinajstić information content (AvgIpc) is 2.83. The zero-order valence-corrected chi connectivity index (χ0v) is 11.9. The van der Waals surface area contributed by atoms with E-state index in [0.29, 0.717) is 5.82 Å². The van der Waals surface area contributed by atoms with Gasteiger partial charge in [0.25, 0.3) is 0 Å². The highest BCUT2D eigenvalue weighted by molar-refractivity contribution is 6.30. The molecule has 0 fully saturated rings. The third-order valence-corrected chi connectivity index (χ3v) is 3.17. The Morgan fingerprint density at radius 1 is 1.40 bits per heavy atom. The van der Waals surface area contributed by atoms with Crippen molar-refractivity contribution in [2.24, 2.45) is 7.05 Å². The number of hydrogen-bond donors (Lipinski definition) is 1. The Bertz CT molecular complexity index is 595. The fraction of sp³-hybridized carbons (Fsp3) is 0.286. The normalized spacial score (nSPS) is 13.8. The molecule has 1 amide bonds. The molecule has 1 heterocycles. The molecule has 0 spiro atoms. The second-order valence-corrected chi connectivity index (χ2v) is 5.16. The van der Waals surface area contributed by atoms with Crippen molar-refractivity contribution in [1.82, 2.24) is 14.9 Å². The maximum absolute atomic E-state index is 13.0. The third-order valence-electron chi connectivity index (χ3n) is 2.97. The number of benzene rings is 1. The van der Waals surface area contributed by atoms with E-state index in [-0.39, 0.29) is 11.7 Å². The number of nitrogens with one attached hydrogen (secondary N) is 1. The molecule has 106 valence electrons. The number of aryl methyl sites for hydroxylation is 1. The lowest BCUT2D eigenvalue weighted by Crippen LogP contribution is -2.35. The lowest BCUT2D eigenvalue weighted by atomic mass is 10.1. The monoisotopic (exact) mass is 295 g/mol. The summed E-state index contributed by atoms with van der Waals surface area (Å²) in [7, 11) is 1.83. The van der Waals surface area contributed by atoms with Crippen LogP contribution in [0.2, 0.25) is 0 Å². The van der Waals surface area contributed by atoms with E-state index in [1.165, 1.54) is 12.1 Å². The van der Waals surface area contributed by atoms with Gasteiger partial charge in [0.2, 0.25) is 5.91 Å². The van der Waals surface area contributed by atoms with Crippen molar-refractivity contribution < 1.29 is 9.18 Å². The highest BCUT2D eigenvalue weighted by atomic mass is 35.5. The van der Waals surface area contributed by atoms with E-state index in [4.69, 9.17) is 11.6 Å². The molecule has 2 aromatic rings. The van der Waals surface area contributed by atoms with Crippen LogP contribution in [0.15, 0.2) is 36.7 Å². The zero-order chi connectivity index (χ0) is 14.7. The quantitative estimate of drug-likeness (QED) is 0.881. The summed E-state index contributed by atoms with van der Waals surface area (Å²) in [5.74, 6) is 0.0237. The van der Waals surface area contributed by atoms with Crippen LogP contribution < -0.4 is 5.32 Å². The average molecular weight is 296 g/mol. The molecule has 2 unspecified atom stereocenters. The molecule has 0 saturated carbocycles. The SMILES string of the molecule is CC(Cl)C(=O)NC(c1ccc(F)cc1)c1nccn1C. The Balaban J connectivity index is 2.36. The minimum atomic E-state index is -0.654. The van der Waals surface area contributed by atoms with Crippen LogP contribution in [0.25, 0.3) is 0 Å². The number of carbonyl (C=O) groups excluding carboxylic acids is 1. The van der Waals surface area contributed by atoms with E-state index >= 15 is 0 Å². The predicted octanol–water partition coefficient (Wildman–Crippen LogP) is 2.39. The van der Waals surface area contributed by atoms with Crippen LogP contribution in [0.3, 0.4) is 0 Å². The van der Waals surface area contributed by atoms with Gasteiger partial charge in [0.1, 0.15) is 23.1 Å². The van der Waals surface area contributed by atoms with Crippen LogP contribution in [0.1, 0.15) is 24.4 Å². The topological polar surface area (TPSA) is 46.9 Å². The van der Waals surface area contributed by atoms with Crippen LogP contribution in [0.5, 0.6) is 0 Å². The van der Waals surface area contributed by atoms with Crippen LogP contribution in [0.4, 0.5) is 4.39 Å². The van der Waals surface area contributed by atoms with E-state index in [9.17, 15) is 9.18 Å². The van der Waals surface area contributed by atoms with Crippen molar-refractivity contribution in [2.75, 3.05) is 0 Å². The van der Waals surface area contributed by atoms with Gasteiger partial charge in [-0.15, -0.1) is 11.6 Å². The Hall–Kier alpha value is -1.88. The first-order valence-corrected chi connectivity index (χ1v) is 6.60. The number of imidazole rings is 1. The molecule has 0 bridgehead atoms. The van der Waals surface area contributed by atoms with Gasteiger partial charge >= 0.3 is 0 Å². The van der Waals surface area contributed by atoms with Crippen molar-refractivity contribution >= 4 is 17.5 Å². The van der Waals surface area contributed by atoms with E-state index in [1.54, 1.807) is 36.0 Å². The second kappa shape index (κ2) is 6.05. The second-order valence-electron chi connectivity index (χ2n) is 4.51. The predicted molar refractivity (Wildman–Crippen MR) is 74.9 cm³/mol. The van der Waals surface area contributed by atoms with Gasteiger partial charge in [-0.1, -0.05) is 12.1 Å².